The van der Waals surface area contributed by atoms with Crippen molar-refractivity contribution in [1.82, 2.24) is 9.97 Å². The number of ether oxygens (including phenoxy) is 1. The van der Waals surface area contributed by atoms with E-state index in [1.807, 2.05) is 35.6 Å². The molecule has 4 heteroatoms. The molecule has 9 aromatic rings. The molecule has 0 radical (unpaired) electrons. The van der Waals surface area contributed by atoms with E-state index in [9.17, 15) is 0 Å². The van der Waals surface area contributed by atoms with Crippen molar-refractivity contribution in [2.75, 3.05) is 0 Å². The van der Waals surface area contributed by atoms with Gasteiger partial charge in [0.15, 0.2) is 5.82 Å². The van der Waals surface area contributed by atoms with Gasteiger partial charge in [-0.2, -0.15) is 0 Å². The maximum Gasteiger partial charge on any atom is 0.160 e. The number of benzene rings is 7. The minimum atomic E-state index is -0.589. The fourth-order valence-corrected chi connectivity index (χ4v) is 9.56. The average Bonchev–Trinajstić information content (AvgIpc) is 3.71. The molecule has 1 spiro atoms. The van der Waals surface area contributed by atoms with Crippen molar-refractivity contribution >= 4 is 31.5 Å². The fourth-order valence-electron chi connectivity index (χ4n) is 8.44. The van der Waals surface area contributed by atoms with Crippen molar-refractivity contribution in [2.45, 2.75) is 5.41 Å². The molecular weight excluding hydrogens is 641 g/mol. The van der Waals surface area contributed by atoms with Crippen LogP contribution in [-0.2, 0) is 5.41 Å². The molecule has 0 N–H and O–H groups in total. The Bertz CT molecular complexity index is 2740. The van der Waals surface area contributed by atoms with Crippen molar-refractivity contribution < 1.29 is 4.74 Å². The van der Waals surface area contributed by atoms with Crippen LogP contribution < -0.4 is 4.74 Å². The Morgan fingerprint density at radius 3 is 1.82 bits per heavy atom. The van der Waals surface area contributed by atoms with Crippen LogP contribution in [0.5, 0.6) is 11.5 Å². The third-order valence-corrected chi connectivity index (χ3v) is 11.7. The summed E-state index contributed by atoms with van der Waals surface area (Å²) < 4.78 is 9.23. The molecule has 0 saturated carbocycles. The zero-order chi connectivity index (χ0) is 33.5. The third-order valence-electron chi connectivity index (χ3n) is 10.6. The van der Waals surface area contributed by atoms with Crippen LogP contribution >= 0.6 is 11.3 Å². The standard InChI is InChI=1S/C47H28N2OS/c1-3-14-29(15-4-1)39-28-40(49-46(48-39)30-16-5-2-6-17-30)32-19-13-22-37-45(32)34-26-33-31-18-7-12-25-43(31)51-44(33)27-38(34)47(37)35-20-8-10-23-41(35)50-42-24-11-9-21-36(42)47/h1-28H. The van der Waals surface area contributed by atoms with E-state index in [0.29, 0.717) is 5.82 Å². The maximum absolute atomic E-state index is 6.66. The number of hydrogen-bond donors (Lipinski definition) is 0. The summed E-state index contributed by atoms with van der Waals surface area (Å²) >= 11 is 1.86. The van der Waals surface area contributed by atoms with E-state index in [1.165, 1.54) is 42.4 Å². The molecular formula is C47H28N2OS. The van der Waals surface area contributed by atoms with E-state index >= 15 is 0 Å². The van der Waals surface area contributed by atoms with Gasteiger partial charge in [-0.25, -0.2) is 9.97 Å². The van der Waals surface area contributed by atoms with Gasteiger partial charge in [-0.1, -0.05) is 133 Å². The highest BCUT2D eigenvalue weighted by Crippen LogP contribution is 2.64. The Kier molecular flexibility index (Phi) is 6.04. The van der Waals surface area contributed by atoms with Crippen molar-refractivity contribution in [3.05, 3.63) is 192 Å². The lowest BCUT2D eigenvalue weighted by Gasteiger charge is -2.39. The Labute approximate surface area is 299 Å². The van der Waals surface area contributed by atoms with Gasteiger partial charge in [0.25, 0.3) is 0 Å². The van der Waals surface area contributed by atoms with Gasteiger partial charge in [-0.05, 0) is 58.7 Å². The van der Waals surface area contributed by atoms with Crippen LogP contribution in [0.4, 0.5) is 0 Å². The first kappa shape index (κ1) is 28.5. The molecule has 0 bridgehead atoms. The second-order valence-corrected chi connectivity index (χ2v) is 14.3. The first-order chi connectivity index (χ1) is 25.3. The summed E-state index contributed by atoms with van der Waals surface area (Å²) in [6.45, 7) is 0. The van der Waals surface area contributed by atoms with Crippen molar-refractivity contribution in [3.8, 4) is 56.5 Å². The molecule has 2 aromatic heterocycles. The van der Waals surface area contributed by atoms with Gasteiger partial charge in [-0.3, -0.25) is 0 Å². The number of thiophene rings is 1. The minimum absolute atomic E-state index is 0.589. The third kappa shape index (κ3) is 4.05. The lowest BCUT2D eigenvalue weighted by molar-refractivity contribution is 0.436. The Morgan fingerprint density at radius 1 is 0.431 bits per heavy atom. The second kappa shape index (κ2) is 10.8. The first-order valence-electron chi connectivity index (χ1n) is 17.2. The van der Waals surface area contributed by atoms with Gasteiger partial charge in [0.05, 0.1) is 16.8 Å². The normalized spacial score (nSPS) is 13.4. The van der Waals surface area contributed by atoms with E-state index in [0.717, 1.165) is 50.7 Å². The smallest absolute Gasteiger partial charge is 0.160 e. The Morgan fingerprint density at radius 2 is 1.06 bits per heavy atom. The number of para-hydroxylation sites is 2. The summed E-state index contributed by atoms with van der Waals surface area (Å²) in [4.78, 5) is 10.5. The van der Waals surface area contributed by atoms with Crippen LogP contribution in [0.1, 0.15) is 22.3 Å². The zero-order valence-corrected chi connectivity index (χ0v) is 28.2. The fraction of sp³-hybridized carbons (Fsp3) is 0.0213. The van der Waals surface area contributed by atoms with Crippen LogP contribution in [0.2, 0.25) is 0 Å². The zero-order valence-electron chi connectivity index (χ0n) is 27.4. The first-order valence-corrected chi connectivity index (χ1v) is 18.1. The summed E-state index contributed by atoms with van der Waals surface area (Å²) in [6, 6.07) is 60.4. The SMILES string of the molecule is c1ccc(-c2cc(-c3cccc4c3-c3cc5c(cc3C43c4ccccc4Oc4ccccc43)sc3ccccc35)nc(-c3ccccc3)n2)cc1. The second-order valence-electron chi connectivity index (χ2n) is 13.3. The summed E-state index contributed by atoms with van der Waals surface area (Å²) in [5, 5.41) is 2.56. The van der Waals surface area contributed by atoms with Crippen LogP contribution in [0.3, 0.4) is 0 Å². The molecule has 1 aliphatic heterocycles. The molecule has 2 aliphatic rings. The largest absolute Gasteiger partial charge is 0.457 e. The number of fused-ring (bicyclic) bond motifs is 12. The summed E-state index contributed by atoms with van der Waals surface area (Å²) in [5.41, 5.74) is 11.6. The van der Waals surface area contributed by atoms with E-state index in [-0.39, 0.29) is 0 Å². The maximum atomic E-state index is 6.66. The van der Waals surface area contributed by atoms with Gasteiger partial charge in [0.1, 0.15) is 11.5 Å². The number of nitrogens with zero attached hydrogens (tertiary/aromatic N) is 2. The van der Waals surface area contributed by atoms with Crippen molar-refractivity contribution in [3.63, 3.8) is 0 Å². The molecule has 51 heavy (non-hydrogen) atoms. The quantitative estimate of drug-likeness (QED) is 0.188. The van der Waals surface area contributed by atoms with Crippen LogP contribution in [0, 0.1) is 0 Å². The van der Waals surface area contributed by atoms with Gasteiger partial charge >= 0.3 is 0 Å². The highest BCUT2D eigenvalue weighted by molar-refractivity contribution is 7.25. The summed E-state index contributed by atoms with van der Waals surface area (Å²) in [7, 11) is 0. The highest BCUT2D eigenvalue weighted by atomic mass is 32.1. The van der Waals surface area contributed by atoms with Gasteiger partial charge in [0.2, 0.25) is 0 Å². The van der Waals surface area contributed by atoms with Crippen LogP contribution in [0.15, 0.2) is 170 Å². The minimum Gasteiger partial charge on any atom is -0.457 e. The molecule has 0 unspecified atom stereocenters. The number of aromatic nitrogens is 2. The van der Waals surface area contributed by atoms with Gasteiger partial charge in [0, 0.05) is 48.0 Å². The van der Waals surface area contributed by atoms with E-state index < -0.39 is 5.41 Å². The predicted molar refractivity (Wildman–Crippen MR) is 209 cm³/mol. The topological polar surface area (TPSA) is 35.0 Å². The van der Waals surface area contributed by atoms with E-state index in [2.05, 4.69) is 146 Å². The Balaban J connectivity index is 1.28. The Hall–Kier alpha value is -6.36. The molecule has 11 rings (SSSR count). The lowest BCUT2D eigenvalue weighted by Crippen LogP contribution is -2.32. The monoisotopic (exact) mass is 668 g/mol. The molecule has 0 amide bonds. The molecule has 3 nitrogen and oxygen atoms in total. The van der Waals surface area contributed by atoms with E-state index in [1.54, 1.807) is 0 Å². The van der Waals surface area contributed by atoms with Crippen LogP contribution in [0.25, 0.3) is 65.2 Å². The predicted octanol–water partition coefficient (Wildman–Crippen LogP) is 12.3. The van der Waals surface area contributed by atoms with Crippen LogP contribution in [-0.4, -0.2) is 9.97 Å². The molecule has 1 aliphatic carbocycles. The molecule has 0 saturated heterocycles. The average molecular weight is 669 g/mol. The highest BCUT2D eigenvalue weighted by Gasteiger charge is 2.52. The molecule has 0 atom stereocenters. The molecule has 0 fully saturated rings. The lowest BCUT2D eigenvalue weighted by atomic mass is 9.66. The van der Waals surface area contributed by atoms with Crippen molar-refractivity contribution in [2.24, 2.45) is 0 Å². The van der Waals surface area contributed by atoms with Crippen molar-refractivity contribution in [1.29, 1.82) is 0 Å². The summed E-state index contributed by atoms with van der Waals surface area (Å²) in [6.07, 6.45) is 0. The molecule has 3 heterocycles. The van der Waals surface area contributed by atoms with Gasteiger partial charge in [-0.15, -0.1) is 11.3 Å². The number of rotatable bonds is 3. The van der Waals surface area contributed by atoms with Gasteiger partial charge < -0.3 is 4.74 Å². The molecule has 7 aromatic carbocycles. The number of hydrogen-bond acceptors (Lipinski definition) is 4. The summed E-state index contributed by atoms with van der Waals surface area (Å²) in [5.74, 6) is 2.48. The van der Waals surface area contributed by atoms with E-state index in [4.69, 9.17) is 14.7 Å². The molecule has 238 valence electrons.